The van der Waals surface area contributed by atoms with E-state index in [-0.39, 0.29) is 32.8 Å². The highest BCUT2D eigenvalue weighted by Gasteiger charge is 2.58. The number of ether oxygens (including phenoxy) is 1. The van der Waals surface area contributed by atoms with Gasteiger partial charge in [-0.05, 0) is 57.5 Å². The molecule has 0 radical (unpaired) electrons. The molecular weight excluding hydrogens is 672 g/mol. The number of hydrogen-bond acceptors (Lipinski definition) is 14. The summed E-state index contributed by atoms with van der Waals surface area (Å²) in [5, 5.41) is 30.7. The number of anilines is 1. The van der Waals surface area contributed by atoms with Gasteiger partial charge in [-0.25, -0.2) is 9.78 Å². The van der Waals surface area contributed by atoms with Gasteiger partial charge in [0.05, 0.1) is 5.54 Å². The summed E-state index contributed by atoms with van der Waals surface area (Å²) in [6.07, 6.45) is 0.219. The highest BCUT2D eigenvalue weighted by Crippen LogP contribution is 2.33. The second-order valence-electron chi connectivity index (χ2n) is 10.6. The Bertz CT molecular complexity index is 1630. The fourth-order valence-corrected chi connectivity index (χ4v) is 5.87. The van der Waals surface area contributed by atoms with E-state index in [0.717, 1.165) is 37.3 Å². The van der Waals surface area contributed by atoms with Crippen molar-refractivity contribution in [3.05, 3.63) is 39.9 Å². The topological polar surface area (TPSA) is 268 Å². The van der Waals surface area contributed by atoms with Crippen LogP contribution in [0.2, 0.25) is 4.34 Å². The van der Waals surface area contributed by atoms with Crippen LogP contribution in [0.25, 0.3) is 0 Å². The summed E-state index contributed by atoms with van der Waals surface area (Å²) in [5.41, 5.74) is 3.90. The van der Waals surface area contributed by atoms with Gasteiger partial charge in [-0.2, -0.15) is 13.5 Å². The lowest BCUT2D eigenvalue weighted by Gasteiger charge is -2.50. The maximum Gasteiger partial charge on any atom is 0.418 e. The van der Waals surface area contributed by atoms with Gasteiger partial charge in [0.1, 0.15) is 34.3 Å². The van der Waals surface area contributed by atoms with Gasteiger partial charge in [-0.3, -0.25) is 19.6 Å². The number of thiazole rings is 1. The van der Waals surface area contributed by atoms with E-state index in [0.29, 0.717) is 10.6 Å². The number of piperidine rings is 1. The van der Waals surface area contributed by atoms with E-state index in [4.69, 9.17) is 36.9 Å². The monoisotopic (exact) mass is 702 g/mol. The second kappa shape index (κ2) is 14.1. The Balaban J connectivity index is 1.44. The van der Waals surface area contributed by atoms with Crippen LogP contribution in [0.5, 0.6) is 5.75 Å². The van der Waals surface area contributed by atoms with E-state index in [2.05, 4.69) is 30.4 Å². The molecule has 8 N–H and O–H groups in total. The van der Waals surface area contributed by atoms with Crippen molar-refractivity contribution in [2.45, 2.75) is 50.4 Å². The van der Waals surface area contributed by atoms with Gasteiger partial charge in [0.2, 0.25) is 0 Å². The molecule has 46 heavy (non-hydrogen) atoms. The van der Waals surface area contributed by atoms with Crippen molar-refractivity contribution in [2.24, 2.45) is 5.16 Å². The summed E-state index contributed by atoms with van der Waals surface area (Å²) < 4.78 is 40.9. The number of hydroxylamine groups is 2. The maximum absolute atomic E-state index is 13.3. The van der Waals surface area contributed by atoms with Gasteiger partial charge in [-0.15, -0.1) is 4.28 Å². The number of rotatable bonds is 13. The van der Waals surface area contributed by atoms with Crippen LogP contribution in [0.3, 0.4) is 0 Å². The van der Waals surface area contributed by atoms with Gasteiger partial charge in [0, 0.05) is 18.2 Å². The molecule has 3 heterocycles. The lowest BCUT2D eigenvalue weighted by Crippen LogP contribution is -2.76. The number of halogens is 1. The third-order valence-corrected chi connectivity index (χ3v) is 8.32. The number of nitrogens with one attached hydrogen (secondary N) is 4. The predicted molar refractivity (Wildman–Crippen MR) is 164 cm³/mol. The van der Waals surface area contributed by atoms with Crippen LogP contribution in [-0.4, -0.2) is 101 Å². The molecule has 3 atom stereocenters. The zero-order chi connectivity index (χ0) is 33.8. The fourth-order valence-electron chi connectivity index (χ4n) is 4.49. The molecule has 2 aromatic rings. The number of oxime groups is 1. The number of nitrogens with zero attached hydrogens (tertiary/aromatic N) is 3. The predicted octanol–water partition coefficient (Wildman–Crippen LogP) is 0.139. The summed E-state index contributed by atoms with van der Waals surface area (Å²) in [6, 6.07) is 5.14. The zero-order valence-electron chi connectivity index (χ0n) is 24.4. The maximum atomic E-state index is 13.3. The van der Waals surface area contributed by atoms with Crippen LogP contribution in [-0.2, 0) is 33.9 Å². The van der Waals surface area contributed by atoms with Gasteiger partial charge in [0.15, 0.2) is 10.8 Å². The standard InChI is InChI=1S/C25H31ClN8O10S2/c1-25(2)18(22(36)34(25)44-46(39,40)41)32-21(35)17(16-19(26)45-24(28)31-16)33-43-15(23(37)38)11-42-14-7-5-12(6-8-14)20(27)30-13-4-3-9-29-10-13/h5-8,13,15,18,29H,3-4,9-11H2,1-2H3,(H2,27,30)(H2,28,31)(H,32,35)(H,37,38)(H,39,40,41)/b33-17-/t13-,15-,18+/m0/s1. The molecule has 0 spiro atoms. The van der Waals surface area contributed by atoms with E-state index in [1.807, 2.05) is 0 Å². The molecule has 250 valence electrons. The minimum atomic E-state index is -5.04. The van der Waals surface area contributed by atoms with Crippen LogP contribution >= 0.6 is 22.9 Å². The number of carboxylic acids is 1. The van der Waals surface area contributed by atoms with Crippen molar-refractivity contribution in [3.8, 4) is 5.75 Å². The molecule has 4 rings (SSSR count). The van der Waals surface area contributed by atoms with Gasteiger partial charge < -0.3 is 36.4 Å². The molecule has 0 unspecified atom stereocenters. The Labute approximate surface area is 271 Å². The average molecular weight is 703 g/mol. The van der Waals surface area contributed by atoms with E-state index in [1.165, 1.54) is 13.8 Å². The first-order valence-corrected chi connectivity index (χ1v) is 16.1. The van der Waals surface area contributed by atoms with E-state index in [1.54, 1.807) is 24.3 Å². The number of carboxylic acid groups (broad SMARTS) is 1. The van der Waals surface area contributed by atoms with Crippen molar-refractivity contribution in [1.82, 2.24) is 26.0 Å². The Kier molecular flexibility index (Phi) is 10.7. The quantitative estimate of drug-likeness (QED) is 0.0481. The number of amidine groups is 1. The van der Waals surface area contributed by atoms with Crippen LogP contribution in [0.15, 0.2) is 29.4 Å². The lowest BCUT2D eigenvalue weighted by atomic mass is 9.84. The van der Waals surface area contributed by atoms with Crippen LogP contribution in [0.4, 0.5) is 5.13 Å². The van der Waals surface area contributed by atoms with E-state index >= 15 is 0 Å². The van der Waals surface area contributed by atoms with Gasteiger partial charge in [-0.1, -0.05) is 28.1 Å². The molecule has 21 heteroatoms. The highest BCUT2D eigenvalue weighted by atomic mass is 35.5. The molecule has 18 nitrogen and oxygen atoms in total. The first-order valence-electron chi connectivity index (χ1n) is 13.6. The third kappa shape index (κ3) is 8.39. The Morgan fingerprint density at radius 2 is 2.02 bits per heavy atom. The Hall–Kier alpha value is -4.08. The largest absolute Gasteiger partial charge is 0.489 e. The second-order valence-corrected chi connectivity index (χ2v) is 13.3. The number of nitrogen functional groups attached to an aromatic ring is 1. The van der Waals surface area contributed by atoms with Crippen molar-refractivity contribution in [3.63, 3.8) is 0 Å². The highest BCUT2D eigenvalue weighted by molar-refractivity contribution is 7.80. The Morgan fingerprint density at radius 3 is 2.57 bits per heavy atom. The minimum absolute atomic E-state index is 0.0615. The third-order valence-electron chi connectivity index (χ3n) is 6.90. The van der Waals surface area contributed by atoms with Crippen molar-refractivity contribution < 1.29 is 46.3 Å². The molecule has 2 amide bonds. The SMILES string of the molecule is CC1(C)[C@H](NC(=O)/C(=N\O[C@@H](COc2ccc(C(=N)N[C@H]3CCCNC3)cc2)C(=O)O)c2nc(N)sc2Cl)C(=O)N1OS(=O)(=O)O. The average Bonchev–Trinajstić information content (AvgIpc) is 3.33. The van der Waals surface area contributed by atoms with Crippen molar-refractivity contribution in [1.29, 1.82) is 5.41 Å². The summed E-state index contributed by atoms with van der Waals surface area (Å²) in [5.74, 6) is -3.13. The van der Waals surface area contributed by atoms with Crippen LogP contribution < -0.4 is 26.4 Å². The van der Waals surface area contributed by atoms with Crippen LogP contribution in [0.1, 0.15) is 37.9 Å². The molecule has 0 bridgehead atoms. The minimum Gasteiger partial charge on any atom is -0.489 e. The number of hydrogen-bond donors (Lipinski definition) is 7. The molecular formula is C25H31ClN8O10S2. The number of nitrogens with two attached hydrogens (primary N) is 1. The normalized spacial score (nSPS) is 20.3. The van der Waals surface area contributed by atoms with Crippen molar-refractivity contribution >= 4 is 67.8 Å². The molecule has 0 aliphatic carbocycles. The van der Waals surface area contributed by atoms with Gasteiger partial charge in [0.25, 0.3) is 17.9 Å². The number of benzene rings is 1. The van der Waals surface area contributed by atoms with Crippen molar-refractivity contribution in [2.75, 3.05) is 25.4 Å². The van der Waals surface area contributed by atoms with E-state index < -0.39 is 58.2 Å². The smallest absolute Gasteiger partial charge is 0.418 e. The zero-order valence-corrected chi connectivity index (χ0v) is 26.7. The Morgan fingerprint density at radius 1 is 1.33 bits per heavy atom. The van der Waals surface area contributed by atoms with Crippen LogP contribution in [0, 0.1) is 5.41 Å². The summed E-state index contributed by atoms with van der Waals surface area (Å²) >= 11 is 6.95. The molecule has 1 aromatic heterocycles. The summed E-state index contributed by atoms with van der Waals surface area (Å²) in [6.45, 7) is 3.82. The molecule has 1 aromatic carbocycles. The first kappa shape index (κ1) is 34.8. The van der Waals surface area contributed by atoms with E-state index in [9.17, 15) is 27.9 Å². The number of carbonyl (C=O) groups excluding carboxylic acids is 2. The summed E-state index contributed by atoms with van der Waals surface area (Å²) in [4.78, 5) is 46.8. The molecule has 0 saturated carbocycles. The number of amides is 2. The number of carbonyl (C=O) groups is 3. The number of aliphatic carboxylic acids is 1. The molecule has 2 aliphatic rings. The van der Waals surface area contributed by atoms with Gasteiger partial charge >= 0.3 is 16.4 Å². The number of aromatic nitrogens is 1. The molecule has 2 fully saturated rings. The fraction of sp³-hybridized carbons (Fsp3) is 0.440. The molecule has 2 saturated heterocycles. The first-order chi connectivity index (χ1) is 21.6. The molecule has 2 aliphatic heterocycles. The number of β-lactam (4-membered cyclic amide) rings is 1. The lowest BCUT2D eigenvalue weighted by molar-refractivity contribution is -0.218. The summed E-state index contributed by atoms with van der Waals surface area (Å²) in [7, 11) is -5.04.